The summed E-state index contributed by atoms with van der Waals surface area (Å²) in [4.78, 5) is 42.5. The van der Waals surface area contributed by atoms with Crippen molar-refractivity contribution >= 4 is 41.0 Å². The number of hydroxylamine groups is 1. The minimum absolute atomic E-state index is 0.0255. The lowest BCUT2D eigenvalue weighted by atomic mass is 10.0. The molecule has 1 saturated heterocycles. The Bertz CT molecular complexity index is 1300. The highest BCUT2D eigenvalue weighted by Gasteiger charge is 2.42. The molecule has 1 aliphatic rings. The van der Waals surface area contributed by atoms with E-state index in [1.165, 1.54) is 0 Å². The largest absolute Gasteiger partial charge is 0.489 e. The van der Waals surface area contributed by atoms with E-state index in [1.807, 2.05) is 30.3 Å². The number of amides is 2. The smallest absolute Gasteiger partial charge is 0.326 e. The molecule has 1 heterocycles. The molecule has 3 atom stereocenters. The van der Waals surface area contributed by atoms with Crippen molar-refractivity contribution in [2.45, 2.75) is 37.9 Å². The first-order valence-electron chi connectivity index (χ1n) is 12.2. The number of hydrogen-bond acceptors (Lipinski definition) is 7. The lowest BCUT2D eigenvalue weighted by Gasteiger charge is -2.20. The van der Waals surface area contributed by atoms with Crippen LogP contribution in [-0.4, -0.2) is 47.9 Å². The van der Waals surface area contributed by atoms with E-state index in [-0.39, 0.29) is 26.4 Å². The Labute approximate surface area is 240 Å². The monoisotopic (exact) mass is 588 g/mol. The van der Waals surface area contributed by atoms with Gasteiger partial charge in [0.25, 0.3) is 11.8 Å². The molecule has 3 N–H and O–H groups in total. The Morgan fingerprint density at radius 3 is 2.15 bits per heavy atom. The van der Waals surface area contributed by atoms with Crippen LogP contribution in [0.4, 0.5) is 0 Å². The summed E-state index contributed by atoms with van der Waals surface area (Å²) in [6.45, 7) is -0.0513. The first-order valence-corrected chi connectivity index (χ1v) is 12.9. The SMILES string of the molecule is O=C(O)[C@H](Cc1ccc(OCc2c(Cl)cccc2Cl)cc1)NC(=O)[C@@H]1OCO[C@H]1C(=O)NOCc1ccccc1. The quantitative estimate of drug-likeness (QED) is 0.273. The molecule has 0 radical (unpaired) electrons. The Hall–Kier alpha value is -3.67. The van der Waals surface area contributed by atoms with Gasteiger partial charge in [-0.25, -0.2) is 10.3 Å². The summed E-state index contributed by atoms with van der Waals surface area (Å²) in [7, 11) is 0. The van der Waals surface area contributed by atoms with Gasteiger partial charge in [-0.3, -0.25) is 14.4 Å². The van der Waals surface area contributed by atoms with Crippen molar-refractivity contribution in [1.82, 2.24) is 10.8 Å². The fourth-order valence-corrected chi connectivity index (χ4v) is 4.35. The molecule has 12 heteroatoms. The van der Waals surface area contributed by atoms with Gasteiger partial charge in [0.15, 0.2) is 12.2 Å². The maximum atomic E-state index is 12.8. The molecule has 3 aromatic rings. The topological polar surface area (TPSA) is 132 Å². The van der Waals surface area contributed by atoms with Gasteiger partial charge in [-0.05, 0) is 35.4 Å². The van der Waals surface area contributed by atoms with Crippen molar-refractivity contribution in [3.8, 4) is 5.75 Å². The molecule has 0 unspecified atom stereocenters. The summed E-state index contributed by atoms with van der Waals surface area (Å²) in [6.07, 6.45) is -2.69. The van der Waals surface area contributed by atoms with Crippen molar-refractivity contribution in [1.29, 1.82) is 0 Å². The van der Waals surface area contributed by atoms with Crippen LogP contribution in [0.25, 0.3) is 0 Å². The Morgan fingerprint density at radius 1 is 0.850 bits per heavy atom. The van der Waals surface area contributed by atoms with Gasteiger partial charge in [0, 0.05) is 22.0 Å². The highest BCUT2D eigenvalue weighted by molar-refractivity contribution is 6.35. The highest BCUT2D eigenvalue weighted by atomic mass is 35.5. The second-order valence-electron chi connectivity index (χ2n) is 8.77. The number of halogens is 2. The molecule has 0 aromatic heterocycles. The number of benzene rings is 3. The van der Waals surface area contributed by atoms with Gasteiger partial charge in [-0.15, -0.1) is 0 Å². The van der Waals surface area contributed by atoms with Crippen molar-refractivity contribution in [3.05, 3.63) is 99.5 Å². The van der Waals surface area contributed by atoms with Gasteiger partial charge in [0.2, 0.25) is 0 Å². The first-order chi connectivity index (χ1) is 19.3. The molecule has 0 saturated carbocycles. The fourth-order valence-electron chi connectivity index (χ4n) is 3.85. The van der Waals surface area contributed by atoms with Gasteiger partial charge in [-0.2, -0.15) is 0 Å². The lowest BCUT2D eigenvalue weighted by molar-refractivity contribution is -0.148. The molecule has 40 heavy (non-hydrogen) atoms. The zero-order chi connectivity index (χ0) is 28.5. The fraction of sp³-hybridized carbons (Fsp3) is 0.250. The Balaban J connectivity index is 1.29. The number of hydrogen-bond donors (Lipinski definition) is 3. The molecule has 10 nitrogen and oxygen atoms in total. The third-order valence-corrected chi connectivity index (χ3v) is 6.67. The number of nitrogens with one attached hydrogen (secondary N) is 2. The van der Waals surface area contributed by atoms with Crippen LogP contribution in [0.15, 0.2) is 72.8 Å². The molecule has 1 aliphatic heterocycles. The minimum atomic E-state index is -1.35. The second-order valence-corrected chi connectivity index (χ2v) is 9.58. The zero-order valence-corrected chi connectivity index (χ0v) is 22.6. The van der Waals surface area contributed by atoms with Gasteiger partial charge in [0.1, 0.15) is 25.2 Å². The molecule has 0 aliphatic carbocycles. The molecular formula is C28H26Cl2N2O8. The average molecular weight is 589 g/mol. The normalized spacial score (nSPS) is 17.1. The van der Waals surface area contributed by atoms with Gasteiger partial charge in [-0.1, -0.05) is 71.7 Å². The summed E-state index contributed by atoms with van der Waals surface area (Å²) in [6, 6.07) is 19.7. The Kier molecular flexibility index (Phi) is 10.3. The van der Waals surface area contributed by atoms with E-state index in [0.29, 0.717) is 26.9 Å². The summed E-state index contributed by atoms with van der Waals surface area (Å²) < 4.78 is 16.2. The van der Waals surface area contributed by atoms with Gasteiger partial charge >= 0.3 is 5.97 Å². The van der Waals surface area contributed by atoms with Gasteiger partial charge in [0.05, 0.1) is 6.61 Å². The molecule has 1 fully saturated rings. The van der Waals surface area contributed by atoms with Crippen LogP contribution in [0.3, 0.4) is 0 Å². The number of carboxylic acid groups (broad SMARTS) is 1. The van der Waals surface area contributed by atoms with Gasteiger partial charge < -0.3 is 24.6 Å². The summed E-state index contributed by atoms with van der Waals surface area (Å²) >= 11 is 12.3. The molecule has 2 amide bonds. The van der Waals surface area contributed by atoms with Crippen LogP contribution >= 0.6 is 23.2 Å². The third-order valence-electron chi connectivity index (χ3n) is 5.96. The third kappa shape index (κ3) is 7.93. The lowest BCUT2D eigenvalue weighted by Crippen LogP contribution is -2.52. The predicted octanol–water partition coefficient (Wildman–Crippen LogP) is 3.67. The van der Waals surface area contributed by atoms with Crippen LogP contribution in [0, 0.1) is 0 Å². The van der Waals surface area contributed by atoms with Crippen molar-refractivity contribution in [2.75, 3.05) is 6.79 Å². The molecule has 3 aromatic carbocycles. The van der Waals surface area contributed by atoms with E-state index in [4.69, 9.17) is 42.3 Å². The summed E-state index contributed by atoms with van der Waals surface area (Å²) in [5.41, 5.74) is 4.34. The second kappa shape index (κ2) is 14.1. The molecule has 4 rings (SSSR count). The number of carbonyl (C=O) groups excluding carboxylic acids is 2. The predicted molar refractivity (Wildman–Crippen MR) is 144 cm³/mol. The van der Waals surface area contributed by atoms with Crippen LogP contribution in [-0.2, 0) is 48.3 Å². The van der Waals surface area contributed by atoms with E-state index < -0.39 is 36.0 Å². The van der Waals surface area contributed by atoms with E-state index in [2.05, 4.69) is 10.8 Å². The maximum absolute atomic E-state index is 12.8. The van der Waals surface area contributed by atoms with E-state index in [0.717, 1.165) is 5.56 Å². The number of carboxylic acids is 1. The number of rotatable bonds is 12. The van der Waals surface area contributed by atoms with E-state index in [9.17, 15) is 19.5 Å². The summed E-state index contributed by atoms with van der Waals surface area (Å²) in [5.74, 6) is -2.26. The van der Waals surface area contributed by atoms with Crippen LogP contribution < -0.4 is 15.5 Å². The van der Waals surface area contributed by atoms with Crippen LogP contribution in [0.1, 0.15) is 16.7 Å². The molecule has 0 spiro atoms. The van der Waals surface area contributed by atoms with Crippen LogP contribution in [0.2, 0.25) is 10.0 Å². The first kappa shape index (κ1) is 29.3. The minimum Gasteiger partial charge on any atom is -0.489 e. The van der Waals surface area contributed by atoms with Crippen molar-refractivity contribution < 1.29 is 38.5 Å². The van der Waals surface area contributed by atoms with Crippen LogP contribution in [0.5, 0.6) is 5.75 Å². The standard InChI is InChI=1S/C28H26Cl2N2O8/c29-21-7-4-8-22(30)20(21)15-37-19-11-9-17(10-12-19)13-23(28(35)36)31-26(33)24-25(39-16-38-24)27(34)32-40-14-18-5-2-1-3-6-18/h1-12,23-25H,13-16H2,(H,31,33)(H,32,34)(H,35,36)/t23-,24+,25+/m0/s1. The molecular weight excluding hydrogens is 563 g/mol. The molecule has 210 valence electrons. The zero-order valence-electron chi connectivity index (χ0n) is 21.0. The maximum Gasteiger partial charge on any atom is 0.326 e. The van der Waals surface area contributed by atoms with Crippen molar-refractivity contribution in [2.24, 2.45) is 0 Å². The number of carbonyl (C=O) groups is 3. The Morgan fingerprint density at radius 2 is 1.50 bits per heavy atom. The van der Waals surface area contributed by atoms with Crippen molar-refractivity contribution in [3.63, 3.8) is 0 Å². The summed E-state index contributed by atoms with van der Waals surface area (Å²) in [5, 5.41) is 13.1. The number of aliphatic carboxylic acids is 1. The average Bonchev–Trinajstić information content (AvgIpc) is 3.44. The highest BCUT2D eigenvalue weighted by Crippen LogP contribution is 2.26. The van der Waals surface area contributed by atoms with E-state index >= 15 is 0 Å². The number of ether oxygens (including phenoxy) is 3. The molecule has 0 bridgehead atoms. The van der Waals surface area contributed by atoms with E-state index in [1.54, 1.807) is 42.5 Å².